The van der Waals surface area contributed by atoms with E-state index < -0.39 is 5.82 Å². The lowest BCUT2D eigenvalue weighted by atomic mass is 10.1. The molecule has 5 rings (SSSR count). The number of fused-ring (bicyclic) bond motifs is 1. The summed E-state index contributed by atoms with van der Waals surface area (Å²) in [6, 6.07) is 8.65. The Morgan fingerprint density at radius 2 is 1.92 bits per heavy atom. The van der Waals surface area contributed by atoms with E-state index in [9.17, 15) is 9.18 Å². The summed E-state index contributed by atoms with van der Waals surface area (Å²) in [5.74, 6) is 5.34. The number of pyridine rings is 1. The molecular weight excluding hydrogens is 471 g/mol. The number of nitrogens with one attached hydrogen (secondary N) is 1. The number of rotatable bonds is 5. The van der Waals surface area contributed by atoms with Crippen molar-refractivity contribution in [2.75, 3.05) is 18.2 Å². The first-order chi connectivity index (χ1) is 17.9. The highest BCUT2D eigenvalue weighted by molar-refractivity contribution is 6.16. The second kappa shape index (κ2) is 10.8. The van der Waals surface area contributed by atoms with E-state index in [0.717, 1.165) is 24.6 Å². The summed E-state index contributed by atoms with van der Waals surface area (Å²) in [6.07, 6.45) is 5.76. The molecule has 1 aliphatic carbocycles. The number of amides is 1. The Hall–Kier alpha value is -4.29. The highest BCUT2D eigenvalue weighted by Gasteiger charge is 2.43. The van der Waals surface area contributed by atoms with E-state index >= 15 is 0 Å². The molecule has 8 nitrogen and oxygen atoms in total. The number of hydrogen-bond acceptors (Lipinski definition) is 6. The standard InChI is InChI=1S/C26H23FN6O2.C2H6/c1-26(9-10-26)33-20(8-5-17-11-18(27)13-29-12-17)21(22-23(28)30-15-31-24(22)33)25(34)32-19-6-3-16(4-7-19)14-35-2;1-2/h3-4,6-7,11-13,15H,9-10,14H2,1-2H3,(H,32,34)(H2,28,30,31);1-2H3. The predicted octanol–water partition coefficient (Wildman–Crippen LogP) is 4.88. The Bertz CT molecular complexity index is 1500. The second-order valence-electron chi connectivity index (χ2n) is 8.74. The number of nitrogens with zero attached hydrogens (tertiary/aromatic N) is 4. The van der Waals surface area contributed by atoms with E-state index in [2.05, 4.69) is 39.0 Å². The summed E-state index contributed by atoms with van der Waals surface area (Å²) < 4.78 is 20.8. The van der Waals surface area contributed by atoms with Gasteiger partial charge in [0.2, 0.25) is 0 Å². The van der Waals surface area contributed by atoms with Gasteiger partial charge >= 0.3 is 0 Å². The number of benzene rings is 1. The van der Waals surface area contributed by atoms with Crippen LogP contribution in [0.1, 0.15) is 60.8 Å². The lowest BCUT2D eigenvalue weighted by molar-refractivity contribution is 0.102. The predicted molar refractivity (Wildman–Crippen MR) is 141 cm³/mol. The zero-order valence-corrected chi connectivity index (χ0v) is 21.3. The van der Waals surface area contributed by atoms with Gasteiger partial charge in [-0.05, 0) is 49.4 Å². The van der Waals surface area contributed by atoms with Gasteiger partial charge in [-0.2, -0.15) is 0 Å². The molecule has 0 bridgehead atoms. The SMILES string of the molecule is CC.COCc1ccc(NC(=O)c2c(C#Cc3cncc(F)c3)n(C3(C)CC3)c3ncnc(N)c23)cc1. The lowest BCUT2D eigenvalue weighted by Crippen LogP contribution is -2.18. The molecule has 3 N–H and O–H groups in total. The molecule has 9 heteroatoms. The first-order valence-electron chi connectivity index (χ1n) is 12.1. The van der Waals surface area contributed by atoms with Crippen molar-refractivity contribution in [3.63, 3.8) is 0 Å². The van der Waals surface area contributed by atoms with Crippen molar-refractivity contribution < 1.29 is 13.9 Å². The molecule has 1 saturated carbocycles. The molecule has 1 amide bonds. The van der Waals surface area contributed by atoms with Crippen LogP contribution in [0.3, 0.4) is 0 Å². The van der Waals surface area contributed by atoms with Gasteiger partial charge in [-0.1, -0.05) is 31.9 Å². The van der Waals surface area contributed by atoms with Crippen molar-refractivity contribution in [2.24, 2.45) is 0 Å². The fourth-order valence-corrected chi connectivity index (χ4v) is 4.06. The Kier molecular flexibility index (Phi) is 7.50. The molecule has 0 spiro atoms. The number of hydrogen-bond donors (Lipinski definition) is 2. The van der Waals surface area contributed by atoms with Crippen LogP contribution in [0.4, 0.5) is 15.9 Å². The molecule has 4 aromatic rings. The van der Waals surface area contributed by atoms with Crippen LogP contribution in [-0.4, -0.2) is 32.5 Å². The smallest absolute Gasteiger partial charge is 0.259 e. The number of methoxy groups -OCH3 is 1. The summed E-state index contributed by atoms with van der Waals surface area (Å²) in [6.45, 7) is 6.55. The molecule has 3 heterocycles. The van der Waals surface area contributed by atoms with Crippen molar-refractivity contribution >= 4 is 28.4 Å². The largest absolute Gasteiger partial charge is 0.383 e. The molecule has 0 atom stereocenters. The Morgan fingerprint density at radius 1 is 1.19 bits per heavy atom. The first kappa shape index (κ1) is 25.8. The van der Waals surface area contributed by atoms with Gasteiger partial charge in [0.1, 0.15) is 29.3 Å². The number of carbonyl (C=O) groups is 1. The van der Waals surface area contributed by atoms with Gasteiger partial charge < -0.3 is 20.4 Å². The number of nitrogen functional groups attached to an aromatic ring is 1. The zero-order valence-electron chi connectivity index (χ0n) is 21.3. The summed E-state index contributed by atoms with van der Waals surface area (Å²) in [5.41, 5.74) is 9.24. The van der Waals surface area contributed by atoms with Crippen molar-refractivity contribution in [1.29, 1.82) is 0 Å². The maximum absolute atomic E-state index is 13.7. The normalized spacial score (nSPS) is 13.2. The summed E-state index contributed by atoms with van der Waals surface area (Å²) in [7, 11) is 1.63. The molecular formula is C28H29FN6O2. The molecule has 1 aromatic carbocycles. The molecule has 190 valence electrons. The van der Waals surface area contributed by atoms with Gasteiger partial charge in [0.15, 0.2) is 0 Å². The van der Waals surface area contributed by atoms with E-state index in [0.29, 0.717) is 34.6 Å². The fraction of sp³-hybridized carbons (Fsp3) is 0.286. The third-order valence-electron chi connectivity index (χ3n) is 6.07. The number of carbonyl (C=O) groups excluding carboxylic acids is 1. The number of anilines is 2. The maximum atomic E-state index is 13.7. The third-order valence-corrected chi connectivity index (χ3v) is 6.07. The van der Waals surface area contributed by atoms with Crippen LogP contribution in [-0.2, 0) is 16.9 Å². The fourth-order valence-electron chi connectivity index (χ4n) is 4.06. The van der Waals surface area contributed by atoms with Crippen LogP contribution in [0.15, 0.2) is 49.1 Å². The molecule has 37 heavy (non-hydrogen) atoms. The quantitative estimate of drug-likeness (QED) is 0.378. The third kappa shape index (κ3) is 5.29. The van der Waals surface area contributed by atoms with E-state index in [-0.39, 0.29) is 22.8 Å². The first-order valence-corrected chi connectivity index (χ1v) is 12.1. The van der Waals surface area contributed by atoms with Crippen molar-refractivity contribution in [2.45, 2.75) is 45.8 Å². The van der Waals surface area contributed by atoms with Gasteiger partial charge in [0.05, 0.1) is 23.8 Å². The van der Waals surface area contributed by atoms with E-state index in [1.165, 1.54) is 18.6 Å². The van der Waals surface area contributed by atoms with Gasteiger partial charge in [-0.3, -0.25) is 9.78 Å². The molecule has 3 aromatic heterocycles. The molecule has 0 saturated heterocycles. The minimum Gasteiger partial charge on any atom is -0.383 e. The molecule has 0 unspecified atom stereocenters. The Morgan fingerprint density at radius 3 is 2.57 bits per heavy atom. The van der Waals surface area contributed by atoms with E-state index in [1.54, 1.807) is 19.2 Å². The van der Waals surface area contributed by atoms with Crippen LogP contribution < -0.4 is 11.1 Å². The topological polar surface area (TPSA) is 108 Å². The average molecular weight is 501 g/mol. The molecule has 0 aliphatic heterocycles. The summed E-state index contributed by atoms with van der Waals surface area (Å²) in [5, 5.41) is 3.38. The lowest BCUT2D eigenvalue weighted by Gasteiger charge is -2.14. The van der Waals surface area contributed by atoms with Gasteiger partial charge in [-0.15, -0.1) is 0 Å². The Labute approximate surface area is 215 Å². The molecule has 1 aliphatic rings. The van der Waals surface area contributed by atoms with Crippen LogP contribution >= 0.6 is 0 Å². The van der Waals surface area contributed by atoms with Crippen molar-refractivity contribution in [1.82, 2.24) is 19.5 Å². The highest BCUT2D eigenvalue weighted by Crippen LogP contribution is 2.47. The zero-order chi connectivity index (χ0) is 26.6. The number of aromatic nitrogens is 4. The number of halogens is 1. The van der Waals surface area contributed by atoms with Crippen molar-refractivity contribution in [3.05, 3.63) is 77.3 Å². The summed E-state index contributed by atoms with van der Waals surface area (Å²) >= 11 is 0. The minimum atomic E-state index is -0.489. The Balaban J connectivity index is 0.00000156. The van der Waals surface area contributed by atoms with Gasteiger partial charge in [0, 0.05) is 30.1 Å². The maximum Gasteiger partial charge on any atom is 0.259 e. The second-order valence-corrected chi connectivity index (χ2v) is 8.74. The molecule has 0 radical (unpaired) electrons. The van der Waals surface area contributed by atoms with Crippen LogP contribution in [0.2, 0.25) is 0 Å². The minimum absolute atomic E-state index is 0.189. The van der Waals surface area contributed by atoms with Crippen LogP contribution in [0.5, 0.6) is 0 Å². The number of nitrogens with two attached hydrogens (primary N) is 1. The highest BCUT2D eigenvalue weighted by atomic mass is 19.1. The van der Waals surface area contributed by atoms with Gasteiger partial charge in [-0.25, -0.2) is 14.4 Å². The number of ether oxygens (including phenoxy) is 1. The molecule has 1 fully saturated rings. The van der Waals surface area contributed by atoms with E-state index in [1.807, 2.05) is 30.5 Å². The summed E-state index contributed by atoms with van der Waals surface area (Å²) in [4.78, 5) is 26.1. The monoisotopic (exact) mass is 500 g/mol. The average Bonchev–Trinajstić information content (AvgIpc) is 3.53. The van der Waals surface area contributed by atoms with E-state index in [4.69, 9.17) is 10.5 Å². The van der Waals surface area contributed by atoms with Crippen LogP contribution in [0, 0.1) is 17.7 Å². The van der Waals surface area contributed by atoms with Crippen LogP contribution in [0.25, 0.3) is 11.0 Å². The van der Waals surface area contributed by atoms with Gasteiger partial charge in [0.25, 0.3) is 5.91 Å². The van der Waals surface area contributed by atoms with Crippen molar-refractivity contribution in [3.8, 4) is 11.8 Å².